The lowest BCUT2D eigenvalue weighted by atomic mass is 9.90. The fraction of sp³-hybridized carbons (Fsp3) is 0.750. The van der Waals surface area contributed by atoms with Crippen LogP contribution in [-0.2, 0) is 16.1 Å². The number of piperidine rings is 1. The fourth-order valence-corrected chi connectivity index (χ4v) is 3.13. The molecule has 0 saturated carbocycles. The molecular weight excluding hydrogens is 300 g/mol. The van der Waals surface area contributed by atoms with Crippen molar-refractivity contribution >= 4 is 17.4 Å². The summed E-state index contributed by atoms with van der Waals surface area (Å²) < 4.78 is 11.7. The number of carbonyl (C=O) groups excluding carboxylic acids is 1. The summed E-state index contributed by atoms with van der Waals surface area (Å²) in [6.07, 6.45) is 4.39. The van der Waals surface area contributed by atoms with Crippen LogP contribution in [0.25, 0.3) is 0 Å². The zero-order valence-corrected chi connectivity index (χ0v) is 14.7. The molecule has 1 aromatic rings. The molecule has 0 aromatic carbocycles. The summed E-state index contributed by atoms with van der Waals surface area (Å²) >= 11 is 1.59. The third kappa shape index (κ3) is 4.68. The molecule has 1 amide bonds. The highest BCUT2D eigenvalue weighted by Crippen LogP contribution is 2.30. The minimum atomic E-state index is -0.465. The van der Waals surface area contributed by atoms with Gasteiger partial charge in [-0.05, 0) is 40.0 Å². The maximum atomic E-state index is 12.3. The van der Waals surface area contributed by atoms with Gasteiger partial charge in [0.05, 0.1) is 29.1 Å². The zero-order valence-electron chi connectivity index (χ0n) is 13.9. The number of hydrogen-bond donors (Lipinski definition) is 0. The Labute approximate surface area is 136 Å². The predicted octanol–water partition coefficient (Wildman–Crippen LogP) is 3.84. The van der Waals surface area contributed by atoms with Crippen molar-refractivity contribution in [2.24, 2.45) is 0 Å². The molecule has 2 heterocycles. The van der Waals surface area contributed by atoms with Gasteiger partial charge in [-0.1, -0.05) is 6.92 Å². The van der Waals surface area contributed by atoms with Crippen LogP contribution in [-0.4, -0.2) is 40.3 Å². The fourth-order valence-electron chi connectivity index (χ4n) is 2.63. The second-order valence-corrected chi connectivity index (χ2v) is 7.77. The molecule has 0 bridgehead atoms. The van der Waals surface area contributed by atoms with E-state index < -0.39 is 5.60 Å². The maximum absolute atomic E-state index is 12.3. The summed E-state index contributed by atoms with van der Waals surface area (Å²) in [5.41, 5.74) is 1.07. The monoisotopic (exact) mass is 326 g/mol. The molecule has 124 valence electrons. The first-order valence-electron chi connectivity index (χ1n) is 7.83. The standard InChI is InChI=1S/C16H26N2O3S/c1-5-16(20-10-13-9-17-12-22-13)7-6-8-18(11-16)14(19)21-15(2,3)4/h9,12H,5-8,10-11H2,1-4H3. The lowest BCUT2D eigenvalue weighted by Gasteiger charge is -2.42. The Kier molecular flexibility index (Phi) is 5.45. The topological polar surface area (TPSA) is 51.7 Å². The first-order chi connectivity index (χ1) is 10.3. The van der Waals surface area contributed by atoms with E-state index in [0.29, 0.717) is 13.2 Å². The van der Waals surface area contributed by atoms with E-state index in [1.165, 1.54) is 0 Å². The third-order valence-electron chi connectivity index (χ3n) is 3.84. The molecule has 1 fully saturated rings. The van der Waals surface area contributed by atoms with Gasteiger partial charge in [0.2, 0.25) is 0 Å². The first-order valence-corrected chi connectivity index (χ1v) is 8.71. The van der Waals surface area contributed by atoms with E-state index in [9.17, 15) is 4.79 Å². The van der Waals surface area contributed by atoms with Gasteiger partial charge in [-0.2, -0.15) is 0 Å². The van der Waals surface area contributed by atoms with Crippen molar-refractivity contribution in [1.29, 1.82) is 0 Å². The molecule has 1 aliphatic heterocycles. The molecule has 5 nitrogen and oxygen atoms in total. The molecule has 1 atom stereocenters. The quantitative estimate of drug-likeness (QED) is 0.843. The average Bonchev–Trinajstić information content (AvgIpc) is 2.97. The van der Waals surface area contributed by atoms with Crippen LogP contribution in [0.15, 0.2) is 11.7 Å². The highest BCUT2D eigenvalue weighted by atomic mass is 32.1. The van der Waals surface area contributed by atoms with E-state index in [1.54, 1.807) is 16.2 Å². The Bertz CT molecular complexity index is 484. The van der Waals surface area contributed by atoms with Gasteiger partial charge < -0.3 is 14.4 Å². The molecule has 1 aliphatic rings. The second-order valence-electron chi connectivity index (χ2n) is 6.80. The van der Waals surface area contributed by atoms with E-state index in [-0.39, 0.29) is 11.7 Å². The molecule has 22 heavy (non-hydrogen) atoms. The SMILES string of the molecule is CCC1(OCc2cncs2)CCCN(C(=O)OC(C)(C)C)C1. The molecule has 0 aliphatic carbocycles. The summed E-state index contributed by atoms with van der Waals surface area (Å²) in [6.45, 7) is 9.68. The minimum absolute atomic E-state index is 0.244. The van der Waals surface area contributed by atoms with E-state index >= 15 is 0 Å². The molecule has 6 heteroatoms. The third-order valence-corrected chi connectivity index (χ3v) is 4.59. The Morgan fingerprint density at radius 2 is 2.27 bits per heavy atom. The van der Waals surface area contributed by atoms with Crippen LogP contribution in [0, 0.1) is 0 Å². The number of nitrogens with zero attached hydrogens (tertiary/aromatic N) is 2. The zero-order chi connectivity index (χ0) is 16.2. The predicted molar refractivity (Wildman–Crippen MR) is 87.0 cm³/mol. The van der Waals surface area contributed by atoms with Gasteiger partial charge in [0.25, 0.3) is 0 Å². The number of thiazole rings is 1. The number of carbonyl (C=O) groups is 1. The van der Waals surface area contributed by atoms with E-state index in [4.69, 9.17) is 9.47 Å². The van der Waals surface area contributed by atoms with Gasteiger partial charge in [-0.15, -0.1) is 11.3 Å². The summed E-state index contributed by atoms with van der Waals surface area (Å²) in [4.78, 5) is 19.3. The Hall–Kier alpha value is -1.14. The molecule has 0 N–H and O–H groups in total. The summed E-state index contributed by atoms with van der Waals surface area (Å²) in [6, 6.07) is 0. The van der Waals surface area contributed by atoms with Crippen LogP contribution >= 0.6 is 11.3 Å². The van der Waals surface area contributed by atoms with Crippen molar-refractivity contribution in [1.82, 2.24) is 9.88 Å². The van der Waals surface area contributed by atoms with E-state index in [0.717, 1.165) is 30.7 Å². The maximum Gasteiger partial charge on any atom is 0.410 e. The van der Waals surface area contributed by atoms with Gasteiger partial charge in [0, 0.05) is 12.7 Å². The van der Waals surface area contributed by atoms with Gasteiger partial charge in [0.1, 0.15) is 5.60 Å². The van der Waals surface area contributed by atoms with Crippen LogP contribution in [0.1, 0.15) is 51.8 Å². The van der Waals surface area contributed by atoms with Gasteiger partial charge >= 0.3 is 6.09 Å². The highest BCUT2D eigenvalue weighted by Gasteiger charge is 2.38. The second kappa shape index (κ2) is 6.96. The van der Waals surface area contributed by atoms with Crippen molar-refractivity contribution in [3.05, 3.63) is 16.6 Å². The molecule has 1 aromatic heterocycles. The summed E-state index contributed by atoms with van der Waals surface area (Å²) in [5.74, 6) is 0. The van der Waals surface area contributed by atoms with Crippen LogP contribution in [0.5, 0.6) is 0 Å². The molecule has 0 radical (unpaired) electrons. The van der Waals surface area contributed by atoms with Gasteiger partial charge in [-0.25, -0.2) is 4.79 Å². The van der Waals surface area contributed by atoms with Crippen LogP contribution < -0.4 is 0 Å². The summed E-state index contributed by atoms with van der Waals surface area (Å²) in [7, 11) is 0. The lowest BCUT2D eigenvalue weighted by molar-refractivity contribution is -0.101. The number of ether oxygens (including phenoxy) is 2. The van der Waals surface area contributed by atoms with Crippen molar-refractivity contribution in [3.8, 4) is 0 Å². The van der Waals surface area contributed by atoms with E-state index in [1.807, 2.05) is 32.5 Å². The van der Waals surface area contributed by atoms with Crippen molar-refractivity contribution < 1.29 is 14.3 Å². The number of hydrogen-bond acceptors (Lipinski definition) is 5. The number of likely N-dealkylation sites (tertiary alicyclic amines) is 1. The Morgan fingerprint density at radius 3 is 2.86 bits per heavy atom. The highest BCUT2D eigenvalue weighted by molar-refractivity contribution is 7.09. The van der Waals surface area contributed by atoms with Crippen LogP contribution in [0.3, 0.4) is 0 Å². The smallest absolute Gasteiger partial charge is 0.410 e. The van der Waals surface area contributed by atoms with E-state index in [2.05, 4.69) is 11.9 Å². The Morgan fingerprint density at radius 1 is 1.50 bits per heavy atom. The first kappa shape index (κ1) is 17.2. The average molecular weight is 326 g/mol. The number of rotatable bonds is 4. The molecular formula is C16H26N2O3S. The molecule has 2 rings (SSSR count). The van der Waals surface area contributed by atoms with Crippen LogP contribution in [0.4, 0.5) is 4.79 Å². The van der Waals surface area contributed by atoms with Gasteiger partial charge in [-0.3, -0.25) is 4.98 Å². The van der Waals surface area contributed by atoms with Gasteiger partial charge in [0.15, 0.2) is 0 Å². The normalized spacial score (nSPS) is 22.6. The summed E-state index contributed by atoms with van der Waals surface area (Å²) in [5, 5.41) is 0. The Balaban J connectivity index is 1.97. The van der Waals surface area contributed by atoms with Crippen molar-refractivity contribution in [2.45, 2.75) is 64.8 Å². The molecule has 0 spiro atoms. The van der Waals surface area contributed by atoms with Crippen molar-refractivity contribution in [2.75, 3.05) is 13.1 Å². The lowest BCUT2D eigenvalue weighted by Crippen LogP contribution is -2.52. The number of aromatic nitrogens is 1. The number of amides is 1. The molecule has 1 unspecified atom stereocenters. The van der Waals surface area contributed by atoms with Crippen molar-refractivity contribution in [3.63, 3.8) is 0 Å². The largest absolute Gasteiger partial charge is 0.444 e. The minimum Gasteiger partial charge on any atom is -0.444 e. The molecule has 1 saturated heterocycles. The van der Waals surface area contributed by atoms with Crippen LogP contribution in [0.2, 0.25) is 0 Å².